The molecular formula is C34H44N4O6. The molecule has 0 radical (unpaired) electrons. The maximum atomic E-state index is 14.5. The molecule has 4 fully saturated rings. The molecule has 5 aliphatic rings. The highest BCUT2D eigenvalue weighted by atomic mass is 16.2. The summed E-state index contributed by atoms with van der Waals surface area (Å²) in [6.45, 7) is 4.55. The Balaban J connectivity index is 1.24. The molecule has 3 unspecified atom stereocenters. The largest absolute Gasteiger partial charge is 0.363 e. The van der Waals surface area contributed by atoms with E-state index in [4.69, 9.17) is 5.73 Å². The van der Waals surface area contributed by atoms with E-state index in [1.165, 1.54) is 0 Å². The normalized spacial score (nSPS) is 28.7. The summed E-state index contributed by atoms with van der Waals surface area (Å²) in [7, 11) is 0. The Kier molecular flexibility index (Phi) is 8.13. The van der Waals surface area contributed by atoms with Gasteiger partial charge in [0.15, 0.2) is 5.78 Å². The Labute approximate surface area is 258 Å². The number of nitrogens with zero attached hydrogens (tertiary/aromatic N) is 1. The van der Waals surface area contributed by atoms with Crippen molar-refractivity contribution >= 4 is 35.2 Å². The number of amides is 4. The smallest absolute Gasteiger partial charge is 0.287 e. The van der Waals surface area contributed by atoms with Gasteiger partial charge in [-0.2, -0.15) is 0 Å². The van der Waals surface area contributed by atoms with Crippen molar-refractivity contribution in [2.45, 2.75) is 102 Å². The van der Waals surface area contributed by atoms with E-state index in [1.54, 1.807) is 23.1 Å². The molecule has 1 heterocycles. The molecule has 0 spiro atoms. The zero-order chi connectivity index (χ0) is 31.3. The van der Waals surface area contributed by atoms with Crippen LogP contribution in [0.5, 0.6) is 0 Å². The first-order valence-corrected chi connectivity index (χ1v) is 16.4. The zero-order valence-corrected chi connectivity index (χ0v) is 25.7. The van der Waals surface area contributed by atoms with E-state index in [-0.39, 0.29) is 53.1 Å². The molecule has 4 aliphatic carbocycles. The number of rotatable bonds is 10. The molecule has 1 aromatic rings. The molecule has 4 amide bonds. The van der Waals surface area contributed by atoms with Gasteiger partial charge in [-0.15, -0.1) is 0 Å². The van der Waals surface area contributed by atoms with Crippen LogP contribution in [0, 0.1) is 29.1 Å². The SMILES string of the molecule is CC1(C)C2[C@@H](C(=O)NC(CC3CCC3)C(=O)C(N)=O)N(C(=O)[C@@H](NC(=O)C3CC(=O)c4ccccc43)C3CCCCC3)C[C@@H]21. The highest BCUT2D eigenvalue weighted by Crippen LogP contribution is 2.65. The fraction of sp³-hybridized carbons (Fsp3) is 0.647. The van der Waals surface area contributed by atoms with Crippen molar-refractivity contribution < 1.29 is 28.8 Å². The second kappa shape index (κ2) is 11.7. The lowest BCUT2D eigenvalue weighted by Crippen LogP contribution is -2.60. The lowest BCUT2D eigenvalue weighted by Gasteiger charge is -2.37. The van der Waals surface area contributed by atoms with Crippen molar-refractivity contribution in [2.75, 3.05) is 6.54 Å². The molecule has 1 aliphatic heterocycles. The molecule has 44 heavy (non-hydrogen) atoms. The Hall–Kier alpha value is -3.56. The topological polar surface area (TPSA) is 156 Å². The van der Waals surface area contributed by atoms with Gasteiger partial charge in [0.25, 0.3) is 5.91 Å². The van der Waals surface area contributed by atoms with Gasteiger partial charge in [0.05, 0.1) is 12.0 Å². The van der Waals surface area contributed by atoms with E-state index < -0.39 is 41.6 Å². The maximum Gasteiger partial charge on any atom is 0.287 e. The summed E-state index contributed by atoms with van der Waals surface area (Å²) in [6, 6.07) is 4.47. The lowest BCUT2D eigenvalue weighted by atomic mass is 9.80. The van der Waals surface area contributed by atoms with Gasteiger partial charge in [0, 0.05) is 18.5 Å². The highest BCUT2D eigenvalue weighted by molar-refractivity contribution is 6.37. The minimum atomic E-state index is -1.08. The number of likely N-dealkylation sites (tertiary alicyclic amines) is 1. The van der Waals surface area contributed by atoms with Gasteiger partial charge in [0.1, 0.15) is 12.1 Å². The number of ketones is 2. The van der Waals surface area contributed by atoms with E-state index in [0.717, 1.165) is 51.4 Å². The molecule has 236 valence electrons. The summed E-state index contributed by atoms with van der Waals surface area (Å²) in [5, 5.41) is 5.89. The number of hydrogen-bond acceptors (Lipinski definition) is 6. The molecule has 6 atom stereocenters. The monoisotopic (exact) mass is 604 g/mol. The number of piperidine rings is 1. The summed E-state index contributed by atoms with van der Waals surface area (Å²) in [4.78, 5) is 81.0. The molecule has 6 rings (SSSR count). The minimum Gasteiger partial charge on any atom is -0.363 e. The number of fused-ring (bicyclic) bond motifs is 2. The predicted octanol–water partition coefficient (Wildman–Crippen LogP) is 2.63. The molecule has 0 aromatic heterocycles. The van der Waals surface area contributed by atoms with Gasteiger partial charge in [-0.25, -0.2) is 0 Å². The molecule has 10 nitrogen and oxygen atoms in total. The third kappa shape index (κ3) is 5.45. The molecule has 0 bridgehead atoms. The summed E-state index contributed by atoms with van der Waals surface area (Å²) in [6.07, 6.45) is 7.90. The highest BCUT2D eigenvalue weighted by Gasteiger charge is 2.69. The van der Waals surface area contributed by atoms with Gasteiger partial charge < -0.3 is 21.3 Å². The number of Topliss-reactive ketones (excluding diaryl/α,β-unsaturated/α-hetero) is 2. The van der Waals surface area contributed by atoms with Crippen molar-refractivity contribution in [2.24, 2.45) is 34.8 Å². The maximum absolute atomic E-state index is 14.5. The molecule has 10 heteroatoms. The summed E-state index contributed by atoms with van der Waals surface area (Å²) >= 11 is 0. The van der Waals surface area contributed by atoms with E-state index in [9.17, 15) is 28.8 Å². The van der Waals surface area contributed by atoms with Crippen LogP contribution >= 0.6 is 0 Å². The fourth-order valence-corrected chi connectivity index (χ4v) is 8.51. The average molecular weight is 605 g/mol. The second-order valence-electron chi connectivity index (χ2n) is 14.4. The quantitative estimate of drug-likeness (QED) is 0.349. The van der Waals surface area contributed by atoms with Gasteiger partial charge in [-0.3, -0.25) is 28.8 Å². The van der Waals surface area contributed by atoms with Crippen molar-refractivity contribution in [1.82, 2.24) is 15.5 Å². The minimum absolute atomic E-state index is 0.0696. The first kappa shape index (κ1) is 30.5. The summed E-state index contributed by atoms with van der Waals surface area (Å²) in [5.41, 5.74) is 6.42. The fourth-order valence-electron chi connectivity index (χ4n) is 8.51. The standard InChI is InChI=1S/C34H44N4O6/c1-34(2)23-17-38(28(26(23)34)32(43)36-24(29(40)30(35)41)15-18-9-8-10-18)33(44)27(19-11-4-3-5-12-19)37-31(42)22-16-25(39)21-14-7-6-13-20(21)22/h6-7,13-14,18-19,22-24,26-28H,3-5,8-12,15-17H2,1-2H3,(H2,35,41)(H,36,43)(H,37,42)/t22?,23-,24?,26?,27-,28-/m0/s1. The number of carbonyl (C=O) groups is 6. The van der Waals surface area contributed by atoms with Crippen LogP contribution in [-0.4, -0.2) is 64.8 Å². The van der Waals surface area contributed by atoms with Gasteiger partial charge in [0.2, 0.25) is 23.5 Å². The van der Waals surface area contributed by atoms with Gasteiger partial charge in [-0.1, -0.05) is 76.6 Å². The van der Waals surface area contributed by atoms with Crippen molar-refractivity contribution in [1.29, 1.82) is 0 Å². The predicted molar refractivity (Wildman–Crippen MR) is 161 cm³/mol. The van der Waals surface area contributed by atoms with Gasteiger partial charge in [-0.05, 0) is 53.9 Å². The first-order chi connectivity index (χ1) is 21.0. The average Bonchev–Trinajstić information content (AvgIpc) is 3.29. The van der Waals surface area contributed by atoms with Crippen LogP contribution in [0.1, 0.15) is 99.9 Å². The van der Waals surface area contributed by atoms with Crippen LogP contribution in [0.3, 0.4) is 0 Å². The van der Waals surface area contributed by atoms with E-state index in [2.05, 4.69) is 24.5 Å². The number of carbonyl (C=O) groups excluding carboxylic acids is 6. The molecule has 1 saturated heterocycles. The Morgan fingerprint density at radius 2 is 1.66 bits per heavy atom. The molecule has 3 saturated carbocycles. The van der Waals surface area contributed by atoms with Crippen molar-refractivity contribution in [3.8, 4) is 0 Å². The van der Waals surface area contributed by atoms with Crippen LogP contribution < -0.4 is 16.4 Å². The van der Waals surface area contributed by atoms with Gasteiger partial charge >= 0.3 is 0 Å². The summed E-state index contributed by atoms with van der Waals surface area (Å²) < 4.78 is 0. The van der Waals surface area contributed by atoms with E-state index in [1.807, 2.05) is 6.07 Å². The van der Waals surface area contributed by atoms with Crippen molar-refractivity contribution in [3.05, 3.63) is 35.4 Å². The number of nitrogens with one attached hydrogen (secondary N) is 2. The molecular weight excluding hydrogens is 560 g/mol. The third-order valence-electron chi connectivity index (χ3n) is 11.5. The van der Waals surface area contributed by atoms with E-state index in [0.29, 0.717) is 24.1 Å². The summed E-state index contributed by atoms with van der Waals surface area (Å²) in [5.74, 6) is -3.53. The van der Waals surface area contributed by atoms with Crippen LogP contribution in [0.4, 0.5) is 0 Å². The zero-order valence-electron chi connectivity index (χ0n) is 25.7. The van der Waals surface area contributed by atoms with E-state index >= 15 is 0 Å². The molecule has 4 N–H and O–H groups in total. The number of primary amides is 1. The lowest BCUT2D eigenvalue weighted by molar-refractivity contribution is -0.146. The van der Waals surface area contributed by atoms with Crippen LogP contribution in [0.2, 0.25) is 0 Å². The second-order valence-corrected chi connectivity index (χ2v) is 14.4. The molecule has 1 aromatic carbocycles. The Bertz CT molecular complexity index is 1380. The van der Waals surface area contributed by atoms with Crippen LogP contribution in [-0.2, 0) is 24.0 Å². The Morgan fingerprint density at radius 3 is 2.32 bits per heavy atom. The van der Waals surface area contributed by atoms with Crippen LogP contribution in [0.15, 0.2) is 24.3 Å². The Morgan fingerprint density at radius 1 is 0.955 bits per heavy atom. The number of nitrogens with two attached hydrogens (primary N) is 1. The van der Waals surface area contributed by atoms with Crippen LogP contribution in [0.25, 0.3) is 0 Å². The third-order valence-corrected chi connectivity index (χ3v) is 11.5. The number of hydrogen-bond donors (Lipinski definition) is 3. The first-order valence-electron chi connectivity index (χ1n) is 16.4. The van der Waals surface area contributed by atoms with Crippen molar-refractivity contribution in [3.63, 3.8) is 0 Å². The number of benzene rings is 1.